The molecule has 11 rings (SSSR count). The Balaban J connectivity index is 1.31. The quantitative estimate of drug-likeness (QED) is 0.169. The van der Waals surface area contributed by atoms with Gasteiger partial charge in [0.25, 0.3) is 0 Å². The van der Waals surface area contributed by atoms with Gasteiger partial charge in [0, 0.05) is 10.8 Å². The largest absolute Gasteiger partial charge is 0.456 e. The highest BCUT2D eigenvalue weighted by Crippen LogP contribution is 2.49. The molecule has 0 unspecified atom stereocenters. The van der Waals surface area contributed by atoms with Gasteiger partial charge in [0.2, 0.25) is 0 Å². The van der Waals surface area contributed by atoms with E-state index < -0.39 is 0 Å². The van der Waals surface area contributed by atoms with Crippen LogP contribution < -0.4 is 0 Å². The average molecular weight is 679 g/mol. The lowest BCUT2D eigenvalue weighted by atomic mass is 9.82. The Morgan fingerprint density at radius 2 is 0.792 bits per heavy atom. The molecule has 246 valence electrons. The van der Waals surface area contributed by atoms with Crippen molar-refractivity contribution in [3.63, 3.8) is 0 Å². The molecule has 0 saturated heterocycles. The highest BCUT2D eigenvalue weighted by Gasteiger charge is 2.22. The summed E-state index contributed by atoms with van der Waals surface area (Å²) in [5, 5.41) is 9.24. The minimum absolute atomic E-state index is 0.0523. The molecule has 1 heteroatoms. The van der Waals surface area contributed by atoms with Crippen molar-refractivity contribution in [1.29, 1.82) is 0 Å². The number of fused-ring (bicyclic) bond motifs is 7. The number of benzene rings is 10. The molecular weight excluding hydrogens is 641 g/mol. The van der Waals surface area contributed by atoms with E-state index >= 15 is 0 Å². The van der Waals surface area contributed by atoms with Gasteiger partial charge in [-0.15, -0.1) is 0 Å². The van der Waals surface area contributed by atoms with Gasteiger partial charge in [-0.05, 0) is 99.7 Å². The molecule has 1 nitrogen and oxygen atoms in total. The van der Waals surface area contributed by atoms with Crippen LogP contribution in [-0.4, -0.2) is 0 Å². The van der Waals surface area contributed by atoms with E-state index in [1.165, 1.54) is 10.8 Å². The first-order valence-corrected chi connectivity index (χ1v) is 17.8. The van der Waals surface area contributed by atoms with E-state index in [-0.39, 0.29) is 47.4 Å². The van der Waals surface area contributed by atoms with Gasteiger partial charge in [0.05, 0.1) is 8.22 Å². The maximum absolute atomic E-state index is 9.62. The summed E-state index contributed by atoms with van der Waals surface area (Å²) in [6.07, 6.45) is 0. The van der Waals surface area contributed by atoms with Crippen molar-refractivity contribution in [2.75, 3.05) is 0 Å². The molecule has 0 saturated carbocycles. The van der Waals surface area contributed by atoms with E-state index in [4.69, 9.17) is 11.3 Å². The Labute approximate surface area is 315 Å². The van der Waals surface area contributed by atoms with Crippen molar-refractivity contribution < 1.29 is 12.6 Å². The molecule has 0 aliphatic heterocycles. The van der Waals surface area contributed by atoms with Gasteiger partial charge in [-0.2, -0.15) is 0 Å². The molecule has 0 aliphatic rings. The molecule has 0 N–H and O–H groups in total. The Morgan fingerprint density at radius 1 is 0.321 bits per heavy atom. The fourth-order valence-corrected chi connectivity index (χ4v) is 8.44. The van der Waals surface area contributed by atoms with Gasteiger partial charge in [0.1, 0.15) is 11.2 Å². The van der Waals surface area contributed by atoms with Crippen molar-refractivity contribution >= 4 is 65.0 Å². The third kappa shape index (κ3) is 4.51. The van der Waals surface area contributed by atoms with Crippen LogP contribution in [0, 0.1) is 0 Å². The zero-order valence-electron chi connectivity index (χ0n) is 34.4. The van der Waals surface area contributed by atoms with Crippen LogP contribution in [0.1, 0.15) is 8.22 Å². The lowest BCUT2D eigenvalue weighted by molar-refractivity contribution is 0.669. The second-order valence-electron chi connectivity index (χ2n) is 13.5. The number of hydrogen-bond acceptors (Lipinski definition) is 1. The third-order valence-electron chi connectivity index (χ3n) is 10.6. The number of furan rings is 1. The summed E-state index contributed by atoms with van der Waals surface area (Å²) in [4.78, 5) is 0. The molecular formula is C52H32O. The number of hydrogen-bond donors (Lipinski definition) is 0. The van der Waals surface area contributed by atoms with E-state index in [1.807, 2.05) is 42.5 Å². The lowest BCUT2D eigenvalue weighted by Gasteiger charge is -2.20. The van der Waals surface area contributed by atoms with E-state index in [2.05, 4.69) is 115 Å². The highest BCUT2D eigenvalue weighted by molar-refractivity contribution is 6.27. The molecule has 0 fully saturated rings. The molecule has 10 aromatic carbocycles. The molecule has 0 aliphatic carbocycles. The molecule has 0 atom stereocenters. The second kappa shape index (κ2) is 11.8. The molecule has 1 aromatic heterocycles. The van der Waals surface area contributed by atoms with E-state index in [9.17, 15) is 1.37 Å². The third-order valence-corrected chi connectivity index (χ3v) is 10.6. The fourth-order valence-electron chi connectivity index (χ4n) is 8.44. The number of rotatable bonds is 4. The van der Waals surface area contributed by atoms with Gasteiger partial charge in [0.15, 0.2) is 0 Å². The zero-order chi connectivity index (χ0) is 40.1. The van der Waals surface area contributed by atoms with Crippen LogP contribution >= 0.6 is 0 Å². The zero-order valence-corrected chi connectivity index (χ0v) is 28.4. The van der Waals surface area contributed by atoms with Crippen LogP contribution in [-0.2, 0) is 0 Å². The normalized spacial score (nSPS) is 13.4. The smallest absolute Gasteiger partial charge is 0.136 e. The average Bonchev–Trinajstić information content (AvgIpc) is 3.67. The SMILES string of the molecule is [2H]c1c([2H])c(-c2ccccc2)c2c(oc3c([2H])c([2H])c([2H])c(-c4cccc5cccc(-c6c7ccccc7c(-c7cccc8ccccc78)c7ccccc67)c45)c32)c1[2H]. The van der Waals surface area contributed by atoms with Crippen LogP contribution in [0.2, 0.25) is 0 Å². The maximum Gasteiger partial charge on any atom is 0.136 e. The van der Waals surface area contributed by atoms with Crippen LogP contribution in [0.4, 0.5) is 0 Å². The van der Waals surface area contributed by atoms with E-state index in [0.29, 0.717) is 33.0 Å². The fraction of sp³-hybridized carbons (Fsp3) is 0. The summed E-state index contributed by atoms with van der Waals surface area (Å²) in [7, 11) is 0. The van der Waals surface area contributed by atoms with Crippen LogP contribution in [0.25, 0.3) is 110 Å². The van der Waals surface area contributed by atoms with Gasteiger partial charge < -0.3 is 4.42 Å². The first-order valence-electron chi connectivity index (χ1n) is 20.8. The molecule has 1 heterocycles. The first kappa shape index (κ1) is 24.3. The lowest BCUT2D eigenvalue weighted by Crippen LogP contribution is -1.93. The summed E-state index contributed by atoms with van der Waals surface area (Å²) >= 11 is 0. The minimum atomic E-state index is -0.304. The summed E-state index contributed by atoms with van der Waals surface area (Å²) in [5.41, 5.74) is 6.48. The predicted octanol–water partition coefficient (Wildman–Crippen LogP) is 14.9. The van der Waals surface area contributed by atoms with Crippen molar-refractivity contribution in [3.8, 4) is 44.5 Å². The highest BCUT2D eigenvalue weighted by atomic mass is 16.3. The van der Waals surface area contributed by atoms with Crippen molar-refractivity contribution in [1.82, 2.24) is 0 Å². The topological polar surface area (TPSA) is 13.1 Å². The molecule has 0 bridgehead atoms. The van der Waals surface area contributed by atoms with Gasteiger partial charge in [-0.25, -0.2) is 0 Å². The molecule has 11 aromatic rings. The molecule has 0 radical (unpaired) electrons. The summed E-state index contributed by atoms with van der Waals surface area (Å²) in [5.74, 6) is 0. The van der Waals surface area contributed by atoms with Gasteiger partial charge in [-0.1, -0.05) is 182 Å². The first-order chi connectivity index (χ1) is 28.8. The van der Waals surface area contributed by atoms with Crippen LogP contribution in [0.3, 0.4) is 0 Å². The van der Waals surface area contributed by atoms with Crippen LogP contribution in [0.5, 0.6) is 0 Å². The Kier molecular flexibility index (Phi) is 5.40. The predicted molar refractivity (Wildman–Crippen MR) is 225 cm³/mol. The van der Waals surface area contributed by atoms with Crippen molar-refractivity contribution in [2.45, 2.75) is 0 Å². The minimum Gasteiger partial charge on any atom is -0.456 e. The summed E-state index contributed by atoms with van der Waals surface area (Å²) in [6.45, 7) is 0. The van der Waals surface area contributed by atoms with E-state index in [1.54, 1.807) is 0 Å². The van der Waals surface area contributed by atoms with Gasteiger partial charge >= 0.3 is 0 Å². The monoisotopic (exact) mass is 678 g/mol. The van der Waals surface area contributed by atoms with Gasteiger partial charge in [-0.3, -0.25) is 0 Å². The second-order valence-corrected chi connectivity index (χ2v) is 13.5. The Morgan fingerprint density at radius 3 is 1.45 bits per heavy atom. The molecule has 53 heavy (non-hydrogen) atoms. The Hall–Kier alpha value is -6.96. The van der Waals surface area contributed by atoms with E-state index in [0.717, 1.165) is 54.6 Å². The summed E-state index contributed by atoms with van der Waals surface area (Å²) < 4.78 is 61.1. The van der Waals surface area contributed by atoms with Crippen molar-refractivity contribution in [3.05, 3.63) is 194 Å². The Bertz CT molecular complexity index is 3500. The molecule has 0 amide bonds. The van der Waals surface area contributed by atoms with Crippen LogP contribution in [0.15, 0.2) is 198 Å². The summed E-state index contributed by atoms with van der Waals surface area (Å²) in [6, 6.07) is 52.1. The van der Waals surface area contributed by atoms with Crippen molar-refractivity contribution in [2.24, 2.45) is 0 Å². The standard InChI is InChI=1S/C52H32O/c1-2-15-34(16-3-1)37-26-13-31-46-51(37)52-44(29-14-32-47(52)53-46)39-28-11-19-35-20-12-30-45(48(35)39)50-42-24-8-6-22-40(42)49(41-23-7-9-25-43(41)50)38-27-10-18-33-17-4-5-21-36(33)38/h1-32H/i13D,14D,26D,29D,31D,32D. The molecule has 0 spiro atoms. The maximum atomic E-state index is 9.62.